The second-order valence-corrected chi connectivity index (χ2v) is 20.5. The highest BCUT2D eigenvalue weighted by molar-refractivity contribution is 7.47. The van der Waals surface area contributed by atoms with E-state index in [9.17, 15) is 63.1 Å². The molecule has 22 heteroatoms. The molecule has 0 heterocycles. The van der Waals surface area contributed by atoms with E-state index in [1.807, 2.05) is 0 Å². The van der Waals surface area contributed by atoms with Crippen molar-refractivity contribution >= 4 is 35.4 Å². The quantitative estimate of drug-likeness (QED) is 0.0164. The van der Waals surface area contributed by atoms with Crippen LogP contribution in [0, 0.1) is 0 Å². The van der Waals surface area contributed by atoms with Gasteiger partial charge in [-0.15, -0.1) is 0 Å². The van der Waals surface area contributed by atoms with Crippen molar-refractivity contribution in [2.45, 2.75) is 236 Å². The smallest absolute Gasteiger partial charge is 0.462 e. The van der Waals surface area contributed by atoms with Crippen LogP contribution in [0.4, 0.5) is 0 Å². The number of aliphatic hydroxyl groups excluding tert-OH is 3. The molecule has 0 aromatic rings. The lowest BCUT2D eigenvalue weighted by Crippen LogP contribution is -2.65. The van der Waals surface area contributed by atoms with Crippen LogP contribution in [-0.4, -0.2) is 108 Å². The Hall–Kier alpha value is -0.850. The van der Waals surface area contributed by atoms with Crippen LogP contribution in [0.25, 0.3) is 0 Å². The zero-order valence-electron chi connectivity index (χ0n) is 37.7. The average Bonchev–Trinajstić information content (AvgIpc) is 3.20. The van der Waals surface area contributed by atoms with Gasteiger partial charge in [0.1, 0.15) is 43.2 Å². The minimum Gasteiger partial charge on any atom is -0.462 e. The van der Waals surface area contributed by atoms with Crippen molar-refractivity contribution in [2.24, 2.45) is 0 Å². The number of carbonyl (C=O) groups is 2. The summed E-state index contributed by atoms with van der Waals surface area (Å²) in [5, 5.41) is 31.8. The molecule has 0 spiro atoms. The Labute approximate surface area is 374 Å². The average molecular weight is 971 g/mol. The molecule has 0 aromatic heterocycles. The van der Waals surface area contributed by atoms with Crippen LogP contribution in [0.3, 0.4) is 0 Å². The first kappa shape index (κ1) is 60.2. The standard InChI is InChI=1S/C41H81O19P3/c1-3-5-7-9-11-13-15-17-19-21-23-25-27-29-34(42)55-31-33(57-35(43)30-28-26-24-22-20-18-16-14-12-10-8-6-4-2)32-56-63(53,54)60-39-36(44)37(45)40(58-61(47,48)49)41(38(39)46)59-62(50,51)52/h33,36-41,44-46H,3-32H2,1-2H3,(H,53,54)(H2,47,48,49)(H2,50,51,52)/t33-,36-,37+,38+,39-,40-,41-/m1/s1. The normalized spacial score (nSPS) is 22.1. The third kappa shape index (κ3) is 30.9. The molecule has 1 rings (SSSR count). The lowest BCUT2D eigenvalue weighted by Gasteiger charge is -2.44. The summed E-state index contributed by atoms with van der Waals surface area (Å²) in [7, 11) is -16.6. The van der Waals surface area contributed by atoms with Crippen LogP contribution in [-0.2, 0) is 50.9 Å². The summed E-state index contributed by atoms with van der Waals surface area (Å²) in [4.78, 5) is 73.1. The molecule has 374 valence electrons. The molecule has 1 aliphatic carbocycles. The number of carbonyl (C=O) groups excluding carboxylic acids is 2. The maximum absolute atomic E-state index is 13.1. The van der Waals surface area contributed by atoms with E-state index >= 15 is 0 Å². The number of aliphatic hydroxyl groups is 3. The Balaban J connectivity index is 2.74. The summed E-state index contributed by atoms with van der Waals surface area (Å²) in [6.07, 6.45) is 12.7. The van der Waals surface area contributed by atoms with Gasteiger partial charge in [-0.2, -0.15) is 0 Å². The fourth-order valence-electron chi connectivity index (χ4n) is 7.41. The van der Waals surface area contributed by atoms with Gasteiger partial charge in [0.05, 0.1) is 6.61 Å². The van der Waals surface area contributed by atoms with Crippen molar-refractivity contribution in [1.82, 2.24) is 0 Å². The first-order valence-corrected chi connectivity index (χ1v) is 27.9. The number of unbranched alkanes of at least 4 members (excludes halogenated alkanes) is 24. The summed E-state index contributed by atoms with van der Waals surface area (Å²) in [5.74, 6) is -1.28. The van der Waals surface area contributed by atoms with Crippen molar-refractivity contribution < 1.29 is 90.6 Å². The molecular formula is C41H81O19P3. The van der Waals surface area contributed by atoms with E-state index in [1.165, 1.54) is 103 Å². The van der Waals surface area contributed by atoms with E-state index in [0.29, 0.717) is 12.8 Å². The molecule has 63 heavy (non-hydrogen) atoms. The van der Waals surface area contributed by atoms with Gasteiger partial charge in [-0.3, -0.25) is 27.7 Å². The van der Waals surface area contributed by atoms with Crippen LogP contribution >= 0.6 is 23.5 Å². The monoisotopic (exact) mass is 970 g/mol. The van der Waals surface area contributed by atoms with Crippen molar-refractivity contribution in [3.63, 3.8) is 0 Å². The number of ether oxygens (including phenoxy) is 2. The van der Waals surface area contributed by atoms with E-state index in [0.717, 1.165) is 51.4 Å². The van der Waals surface area contributed by atoms with Gasteiger partial charge in [-0.05, 0) is 12.8 Å². The predicted molar refractivity (Wildman–Crippen MR) is 234 cm³/mol. The molecule has 1 aliphatic rings. The van der Waals surface area contributed by atoms with E-state index in [4.69, 9.17) is 18.5 Å². The molecule has 0 amide bonds. The first-order chi connectivity index (χ1) is 29.8. The molecule has 8 N–H and O–H groups in total. The van der Waals surface area contributed by atoms with Gasteiger partial charge in [-0.25, -0.2) is 13.7 Å². The molecule has 1 unspecified atom stereocenters. The van der Waals surface area contributed by atoms with Gasteiger partial charge in [0.15, 0.2) is 6.10 Å². The first-order valence-electron chi connectivity index (χ1n) is 23.3. The van der Waals surface area contributed by atoms with Crippen LogP contribution in [0.1, 0.15) is 194 Å². The summed E-state index contributed by atoms with van der Waals surface area (Å²) in [6.45, 7) is 2.94. The van der Waals surface area contributed by atoms with Gasteiger partial charge in [0, 0.05) is 12.8 Å². The van der Waals surface area contributed by atoms with Crippen LogP contribution in [0.5, 0.6) is 0 Å². The molecule has 0 saturated heterocycles. The molecule has 0 bridgehead atoms. The Bertz CT molecular complexity index is 1350. The second kappa shape index (κ2) is 34.4. The molecular weight excluding hydrogens is 889 g/mol. The van der Waals surface area contributed by atoms with Gasteiger partial charge < -0.3 is 49.3 Å². The number of phosphoric acid groups is 3. The van der Waals surface area contributed by atoms with Crippen molar-refractivity contribution in [3.05, 3.63) is 0 Å². The highest BCUT2D eigenvalue weighted by atomic mass is 31.2. The summed E-state index contributed by atoms with van der Waals surface area (Å²) in [6, 6.07) is 0. The van der Waals surface area contributed by atoms with Crippen LogP contribution in [0.15, 0.2) is 0 Å². The van der Waals surface area contributed by atoms with Gasteiger partial charge >= 0.3 is 35.4 Å². The van der Waals surface area contributed by atoms with Crippen LogP contribution < -0.4 is 0 Å². The minimum atomic E-state index is -5.59. The third-order valence-corrected chi connectivity index (χ3v) is 12.9. The van der Waals surface area contributed by atoms with Crippen molar-refractivity contribution in [1.29, 1.82) is 0 Å². The Morgan fingerprint density at radius 2 is 0.778 bits per heavy atom. The van der Waals surface area contributed by atoms with E-state index in [1.54, 1.807) is 0 Å². The number of phosphoric ester groups is 3. The van der Waals surface area contributed by atoms with E-state index in [2.05, 4.69) is 22.9 Å². The maximum atomic E-state index is 13.1. The highest BCUT2D eigenvalue weighted by Crippen LogP contribution is 2.51. The Kier molecular flexibility index (Phi) is 32.9. The van der Waals surface area contributed by atoms with Gasteiger partial charge in [0.25, 0.3) is 0 Å². The number of hydrogen-bond donors (Lipinski definition) is 8. The molecule has 1 fully saturated rings. The maximum Gasteiger partial charge on any atom is 0.472 e. The second-order valence-electron chi connectivity index (χ2n) is 16.7. The van der Waals surface area contributed by atoms with Gasteiger partial charge in [-0.1, -0.05) is 168 Å². The minimum absolute atomic E-state index is 0.00556. The zero-order chi connectivity index (χ0) is 47.2. The number of rotatable bonds is 40. The molecule has 0 aliphatic heterocycles. The number of hydrogen-bond acceptors (Lipinski definition) is 14. The lowest BCUT2D eigenvalue weighted by molar-refractivity contribution is -0.213. The summed E-state index contributed by atoms with van der Waals surface area (Å²) >= 11 is 0. The van der Waals surface area contributed by atoms with Crippen LogP contribution in [0.2, 0.25) is 0 Å². The highest BCUT2D eigenvalue weighted by Gasteiger charge is 2.56. The van der Waals surface area contributed by atoms with Crippen molar-refractivity contribution in [2.75, 3.05) is 13.2 Å². The fourth-order valence-corrected chi connectivity index (χ4v) is 9.50. The Morgan fingerprint density at radius 3 is 1.16 bits per heavy atom. The summed E-state index contributed by atoms with van der Waals surface area (Å²) in [5.41, 5.74) is 0. The summed E-state index contributed by atoms with van der Waals surface area (Å²) < 4.78 is 65.4. The number of esters is 2. The largest absolute Gasteiger partial charge is 0.472 e. The topological polar surface area (TPSA) is 303 Å². The predicted octanol–water partition coefficient (Wildman–Crippen LogP) is 7.96. The third-order valence-electron chi connectivity index (χ3n) is 10.9. The van der Waals surface area contributed by atoms with Gasteiger partial charge in [0.2, 0.25) is 0 Å². The lowest BCUT2D eigenvalue weighted by atomic mass is 9.85. The molecule has 0 radical (unpaired) electrons. The molecule has 19 nitrogen and oxygen atoms in total. The van der Waals surface area contributed by atoms with E-state index < -0.39 is 91.3 Å². The Morgan fingerprint density at radius 1 is 0.444 bits per heavy atom. The molecule has 0 aromatic carbocycles. The SMILES string of the molecule is CCCCCCCCCCCCCCCC(=O)OC[C@H](COP(=O)(O)O[C@@H]1[C@H](O)[C@H](O)[C@@H](OP(=O)(O)O)[C@H](OP(=O)(O)O)[C@H]1O)OC(=O)CCCCCCCCCCCCCCC. The fraction of sp³-hybridized carbons (Fsp3) is 0.951. The molecule has 1 saturated carbocycles. The molecule has 8 atom stereocenters. The zero-order valence-corrected chi connectivity index (χ0v) is 40.3. The van der Waals surface area contributed by atoms with Crippen molar-refractivity contribution in [3.8, 4) is 0 Å². The van der Waals surface area contributed by atoms with E-state index in [-0.39, 0.29) is 12.8 Å².